The Labute approximate surface area is 133 Å². The molecule has 2 aliphatic rings. The van der Waals surface area contributed by atoms with E-state index >= 15 is 0 Å². The van der Waals surface area contributed by atoms with Crippen molar-refractivity contribution in [2.24, 2.45) is 0 Å². The van der Waals surface area contributed by atoms with E-state index in [0.717, 1.165) is 24.8 Å². The minimum atomic E-state index is -1.01. The number of benzene rings is 1. The molecule has 1 saturated carbocycles. The lowest BCUT2D eigenvalue weighted by atomic mass is 9.71. The van der Waals surface area contributed by atoms with E-state index in [4.69, 9.17) is 21.4 Å². The largest absolute Gasteiger partial charge is 0.479 e. The van der Waals surface area contributed by atoms with Crippen LogP contribution < -0.4 is 5.32 Å². The van der Waals surface area contributed by atoms with Crippen molar-refractivity contribution in [3.63, 3.8) is 0 Å². The van der Waals surface area contributed by atoms with Gasteiger partial charge in [0, 0.05) is 5.02 Å². The number of halogens is 1. The van der Waals surface area contributed by atoms with Crippen LogP contribution in [-0.4, -0.2) is 29.2 Å². The van der Waals surface area contributed by atoms with Crippen LogP contribution >= 0.6 is 11.6 Å². The normalized spacial score (nSPS) is 26.2. The minimum Gasteiger partial charge on any atom is -0.479 e. The second-order valence-corrected chi connectivity index (χ2v) is 6.40. The van der Waals surface area contributed by atoms with Gasteiger partial charge in [0.15, 0.2) is 6.10 Å². The summed E-state index contributed by atoms with van der Waals surface area (Å²) in [6.45, 7) is 0. The summed E-state index contributed by atoms with van der Waals surface area (Å²) in [5.41, 5.74) is 0.663. The standard InChI is InChI=1S/C16H18ClNO4/c17-11-4-2-10(3-5-11)16(8-1-9-16)18-14(19)12-6-7-13(22-12)15(20)21/h2-5,12-13H,1,6-9H2,(H,18,19)(H,20,21)/t12-,13+/m0/s1. The van der Waals surface area contributed by atoms with Crippen LogP contribution in [0.4, 0.5) is 0 Å². The monoisotopic (exact) mass is 323 g/mol. The number of nitrogens with one attached hydrogen (secondary N) is 1. The molecule has 118 valence electrons. The first kappa shape index (κ1) is 15.3. The fourth-order valence-corrected chi connectivity index (χ4v) is 3.24. The first-order valence-corrected chi connectivity index (χ1v) is 7.84. The van der Waals surface area contributed by atoms with E-state index in [-0.39, 0.29) is 11.4 Å². The first-order chi connectivity index (χ1) is 10.5. The molecule has 5 nitrogen and oxygen atoms in total. The molecule has 6 heteroatoms. The molecule has 0 bridgehead atoms. The Morgan fingerprint density at radius 3 is 2.32 bits per heavy atom. The van der Waals surface area contributed by atoms with E-state index < -0.39 is 18.2 Å². The maximum absolute atomic E-state index is 12.4. The quantitative estimate of drug-likeness (QED) is 0.892. The van der Waals surface area contributed by atoms with E-state index in [0.29, 0.717) is 17.9 Å². The zero-order chi connectivity index (χ0) is 15.7. The van der Waals surface area contributed by atoms with Crippen LogP contribution in [0.2, 0.25) is 5.02 Å². The number of hydrogen-bond acceptors (Lipinski definition) is 3. The van der Waals surface area contributed by atoms with Gasteiger partial charge >= 0.3 is 5.97 Å². The van der Waals surface area contributed by atoms with Crippen molar-refractivity contribution >= 4 is 23.5 Å². The van der Waals surface area contributed by atoms with Gasteiger partial charge in [-0.1, -0.05) is 23.7 Å². The van der Waals surface area contributed by atoms with Crippen LogP contribution in [0.5, 0.6) is 0 Å². The summed E-state index contributed by atoms with van der Waals surface area (Å²) in [5, 5.41) is 12.7. The molecule has 2 N–H and O–H groups in total. The lowest BCUT2D eigenvalue weighted by Crippen LogP contribution is -2.53. The summed E-state index contributed by atoms with van der Waals surface area (Å²) in [4.78, 5) is 23.3. The average Bonchev–Trinajstić information content (AvgIpc) is 2.94. The minimum absolute atomic E-state index is 0.224. The van der Waals surface area contributed by atoms with E-state index in [1.54, 1.807) is 0 Å². The summed E-state index contributed by atoms with van der Waals surface area (Å²) in [6.07, 6.45) is 2.06. The van der Waals surface area contributed by atoms with Gasteiger partial charge < -0.3 is 15.2 Å². The third kappa shape index (κ3) is 2.83. The second kappa shape index (κ2) is 5.89. The third-order valence-corrected chi connectivity index (χ3v) is 4.81. The summed E-state index contributed by atoms with van der Waals surface area (Å²) in [7, 11) is 0. The van der Waals surface area contributed by atoms with Crippen LogP contribution in [-0.2, 0) is 19.9 Å². The Hall–Kier alpha value is -1.59. The van der Waals surface area contributed by atoms with E-state index in [2.05, 4.69) is 5.32 Å². The molecule has 1 aliphatic heterocycles. The highest BCUT2D eigenvalue weighted by Crippen LogP contribution is 2.42. The maximum Gasteiger partial charge on any atom is 0.332 e. The molecule has 0 spiro atoms. The van der Waals surface area contributed by atoms with Crippen LogP contribution in [0.3, 0.4) is 0 Å². The Kier molecular flexibility index (Phi) is 4.10. The van der Waals surface area contributed by atoms with Gasteiger partial charge in [0.1, 0.15) is 6.10 Å². The van der Waals surface area contributed by atoms with Crippen molar-refractivity contribution in [3.8, 4) is 0 Å². The topological polar surface area (TPSA) is 75.6 Å². The van der Waals surface area contributed by atoms with Crippen molar-refractivity contribution in [1.82, 2.24) is 5.32 Å². The summed E-state index contributed by atoms with van der Waals surface area (Å²) < 4.78 is 5.32. The zero-order valence-electron chi connectivity index (χ0n) is 12.0. The Bertz CT molecular complexity index is 582. The van der Waals surface area contributed by atoms with Crippen molar-refractivity contribution < 1.29 is 19.4 Å². The number of rotatable bonds is 4. The summed E-state index contributed by atoms with van der Waals surface area (Å²) in [6, 6.07) is 7.49. The van der Waals surface area contributed by atoms with Crippen LogP contribution in [0.1, 0.15) is 37.7 Å². The van der Waals surface area contributed by atoms with Crippen molar-refractivity contribution in [1.29, 1.82) is 0 Å². The molecule has 2 fully saturated rings. The van der Waals surface area contributed by atoms with Gasteiger partial charge in [0.25, 0.3) is 0 Å². The van der Waals surface area contributed by atoms with Crippen LogP contribution in [0.25, 0.3) is 0 Å². The molecule has 1 heterocycles. The number of carbonyl (C=O) groups is 2. The predicted molar refractivity (Wildman–Crippen MR) is 80.7 cm³/mol. The third-order valence-electron chi connectivity index (χ3n) is 4.55. The molecular weight excluding hydrogens is 306 g/mol. The number of hydrogen-bond donors (Lipinski definition) is 2. The van der Waals surface area contributed by atoms with Gasteiger partial charge in [-0.15, -0.1) is 0 Å². The number of amides is 1. The van der Waals surface area contributed by atoms with Gasteiger partial charge in [-0.05, 0) is 49.8 Å². The molecule has 1 aliphatic carbocycles. The van der Waals surface area contributed by atoms with Crippen molar-refractivity contribution in [3.05, 3.63) is 34.9 Å². The van der Waals surface area contributed by atoms with Gasteiger partial charge in [-0.3, -0.25) is 4.79 Å². The molecule has 2 atom stereocenters. The maximum atomic E-state index is 12.4. The molecule has 0 aromatic heterocycles. The van der Waals surface area contributed by atoms with Crippen LogP contribution in [0.15, 0.2) is 24.3 Å². The molecule has 0 unspecified atom stereocenters. The summed E-state index contributed by atoms with van der Waals surface area (Å²) >= 11 is 5.92. The molecule has 0 radical (unpaired) electrons. The molecule has 3 rings (SSSR count). The van der Waals surface area contributed by atoms with E-state index in [1.807, 2.05) is 24.3 Å². The highest BCUT2D eigenvalue weighted by Gasteiger charge is 2.43. The molecule has 1 aromatic carbocycles. The molecule has 22 heavy (non-hydrogen) atoms. The highest BCUT2D eigenvalue weighted by molar-refractivity contribution is 6.30. The lowest BCUT2D eigenvalue weighted by molar-refractivity contribution is -0.152. The number of carbonyl (C=O) groups excluding carboxylic acids is 1. The van der Waals surface area contributed by atoms with E-state index in [1.165, 1.54) is 0 Å². The van der Waals surface area contributed by atoms with Crippen molar-refractivity contribution in [2.75, 3.05) is 0 Å². The first-order valence-electron chi connectivity index (χ1n) is 7.46. The van der Waals surface area contributed by atoms with Gasteiger partial charge in [0.2, 0.25) is 5.91 Å². The second-order valence-electron chi connectivity index (χ2n) is 5.96. The fraction of sp³-hybridized carbons (Fsp3) is 0.500. The molecule has 1 aromatic rings. The van der Waals surface area contributed by atoms with Crippen molar-refractivity contribution in [2.45, 2.75) is 49.9 Å². The number of carboxylic acid groups (broad SMARTS) is 1. The zero-order valence-corrected chi connectivity index (χ0v) is 12.8. The Balaban J connectivity index is 1.69. The lowest BCUT2D eigenvalue weighted by Gasteiger charge is -2.43. The van der Waals surface area contributed by atoms with Gasteiger partial charge in [-0.2, -0.15) is 0 Å². The highest BCUT2D eigenvalue weighted by atomic mass is 35.5. The Morgan fingerprint density at radius 2 is 1.82 bits per heavy atom. The van der Waals surface area contributed by atoms with E-state index in [9.17, 15) is 9.59 Å². The number of aliphatic carboxylic acids is 1. The van der Waals surface area contributed by atoms with Gasteiger partial charge in [-0.25, -0.2) is 4.79 Å². The molecular formula is C16H18ClNO4. The number of carboxylic acids is 1. The smallest absolute Gasteiger partial charge is 0.332 e. The van der Waals surface area contributed by atoms with Gasteiger partial charge in [0.05, 0.1) is 5.54 Å². The average molecular weight is 324 g/mol. The summed E-state index contributed by atoms with van der Waals surface area (Å²) in [5.74, 6) is -1.23. The molecule has 1 amide bonds. The fourth-order valence-electron chi connectivity index (χ4n) is 3.11. The van der Waals surface area contributed by atoms with Crippen LogP contribution in [0, 0.1) is 0 Å². The number of ether oxygens (including phenoxy) is 1. The SMILES string of the molecule is O=C(NC1(c2ccc(Cl)cc2)CCC1)[C@@H]1CC[C@H](C(=O)O)O1. The molecule has 1 saturated heterocycles. The predicted octanol–water partition coefficient (Wildman–Crippen LogP) is 2.47. The Morgan fingerprint density at radius 1 is 1.18 bits per heavy atom.